The SMILES string of the molecule is CC(C)(C)C(N)CC(=O)NCCc1ccc(Cl)s1. The standard InChI is InChI=1S/C13H21ClN2OS/c1-13(2,3)10(15)8-12(17)16-7-6-9-4-5-11(14)18-9/h4-5,10H,6-8,15H2,1-3H3,(H,16,17). The summed E-state index contributed by atoms with van der Waals surface area (Å²) in [7, 11) is 0. The molecule has 1 amide bonds. The van der Waals surface area contributed by atoms with Gasteiger partial charge in [-0.2, -0.15) is 0 Å². The predicted molar refractivity (Wildman–Crippen MR) is 78.1 cm³/mol. The van der Waals surface area contributed by atoms with E-state index in [4.69, 9.17) is 17.3 Å². The van der Waals surface area contributed by atoms with Crippen LogP contribution in [0.2, 0.25) is 4.34 Å². The number of carbonyl (C=O) groups is 1. The number of carbonyl (C=O) groups excluding carboxylic acids is 1. The van der Waals surface area contributed by atoms with E-state index in [9.17, 15) is 4.79 Å². The van der Waals surface area contributed by atoms with E-state index in [1.165, 1.54) is 4.88 Å². The minimum absolute atomic E-state index is 0.0140. The van der Waals surface area contributed by atoms with Crippen LogP contribution in [0.5, 0.6) is 0 Å². The van der Waals surface area contributed by atoms with Crippen LogP contribution in [-0.4, -0.2) is 18.5 Å². The van der Waals surface area contributed by atoms with Gasteiger partial charge in [0.2, 0.25) is 5.91 Å². The largest absolute Gasteiger partial charge is 0.356 e. The van der Waals surface area contributed by atoms with Crippen LogP contribution in [0.3, 0.4) is 0 Å². The van der Waals surface area contributed by atoms with Crippen molar-refractivity contribution in [1.29, 1.82) is 0 Å². The van der Waals surface area contributed by atoms with E-state index in [2.05, 4.69) is 5.32 Å². The maximum atomic E-state index is 11.7. The number of nitrogens with one attached hydrogen (secondary N) is 1. The highest BCUT2D eigenvalue weighted by Crippen LogP contribution is 2.21. The summed E-state index contributed by atoms with van der Waals surface area (Å²) in [6, 6.07) is 3.74. The maximum absolute atomic E-state index is 11.7. The molecule has 0 spiro atoms. The summed E-state index contributed by atoms with van der Waals surface area (Å²) in [5, 5.41) is 2.89. The van der Waals surface area contributed by atoms with Gasteiger partial charge in [-0.15, -0.1) is 11.3 Å². The van der Waals surface area contributed by atoms with Gasteiger partial charge >= 0.3 is 0 Å². The molecule has 5 heteroatoms. The van der Waals surface area contributed by atoms with Crippen LogP contribution in [0.15, 0.2) is 12.1 Å². The zero-order chi connectivity index (χ0) is 13.8. The maximum Gasteiger partial charge on any atom is 0.221 e. The van der Waals surface area contributed by atoms with Crippen LogP contribution < -0.4 is 11.1 Å². The summed E-state index contributed by atoms with van der Waals surface area (Å²) in [5.41, 5.74) is 5.92. The highest BCUT2D eigenvalue weighted by atomic mass is 35.5. The molecule has 1 heterocycles. The van der Waals surface area contributed by atoms with E-state index >= 15 is 0 Å². The van der Waals surface area contributed by atoms with Gasteiger partial charge in [0, 0.05) is 23.9 Å². The second-order valence-corrected chi connectivity index (χ2v) is 7.28. The van der Waals surface area contributed by atoms with E-state index in [0.29, 0.717) is 13.0 Å². The molecule has 18 heavy (non-hydrogen) atoms. The number of halogens is 1. The Balaban J connectivity index is 2.25. The predicted octanol–water partition coefficient (Wildman–Crippen LogP) is 2.82. The summed E-state index contributed by atoms with van der Waals surface area (Å²) in [5.74, 6) is 0.0140. The molecule has 0 radical (unpaired) electrons. The van der Waals surface area contributed by atoms with E-state index < -0.39 is 0 Å². The molecule has 1 rings (SSSR count). The molecule has 0 bridgehead atoms. The van der Waals surface area contributed by atoms with Gasteiger partial charge in [0.25, 0.3) is 0 Å². The van der Waals surface area contributed by atoms with Gasteiger partial charge in [-0.3, -0.25) is 4.79 Å². The van der Waals surface area contributed by atoms with E-state index in [0.717, 1.165) is 10.8 Å². The summed E-state index contributed by atoms with van der Waals surface area (Å²) >= 11 is 7.38. The lowest BCUT2D eigenvalue weighted by Gasteiger charge is -2.26. The fraction of sp³-hybridized carbons (Fsp3) is 0.615. The summed E-state index contributed by atoms with van der Waals surface area (Å²) in [4.78, 5) is 12.9. The molecule has 0 aromatic carbocycles. The van der Waals surface area contributed by atoms with Gasteiger partial charge in [0.05, 0.1) is 4.34 Å². The Morgan fingerprint density at radius 2 is 2.17 bits per heavy atom. The fourth-order valence-electron chi connectivity index (χ4n) is 1.39. The zero-order valence-electron chi connectivity index (χ0n) is 11.1. The molecule has 1 unspecified atom stereocenters. The average molecular weight is 289 g/mol. The molecule has 1 atom stereocenters. The lowest BCUT2D eigenvalue weighted by Crippen LogP contribution is -2.40. The monoisotopic (exact) mass is 288 g/mol. The van der Waals surface area contributed by atoms with E-state index in [1.54, 1.807) is 11.3 Å². The van der Waals surface area contributed by atoms with E-state index in [1.807, 2.05) is 32.9 Å². The molecule has 0 saturated carbocycles. The highest BCUT2D eigenvalue weighted by molar-refractivity contribution is 7.16. The Bertz CT molecular complexity index is 398. The quantitative estimate of drug-likeness (QED) is 0.875. The van der Waals surface area contributed by atoms with Gasteiger partial charge in [0.1, 0.15) is 0 Å². The summed E-state index contributed by atoms with van der Waals surface area (Å²) in [6.45, 7) is 6.75. The smallest absolute Gasteiger partial charge is 0.221 e. The third-order valence-corrected chi connectivity index (χ3v) is 4.13. The van der Waals surface area contributed by atoms with Crippen LogP contribution in [0.1, 0.15) is 32.1 Å². The van der Waals surface area contributed by atoms with Crippen molar-refractivity contribution in [2.24, 2.45) is 11.1 Å². The number of nitrogens with two attached hydrogens (primary N) is 1. The highest BCUT2D eigenvalue weighted by Gasteiger charge is 2.22. The van der Waals surface area contributed by atoms with Gasteiger partial charge in [0.15, 0.2) is 0 Å². The first-order valence-electron chi connectivity index (χ1n) is 6.05. The molecular weight excluding hydrogens is 268 g/mol. The molecule has 3 N–H and O–H groups in total. The first-order valence-corrected chi connectivity index (χ1v) is 7.25. The fourth-order valence-corrected chi connectivity index (χ4v) is 2.48. The van der Waals surface area contributed by atoms with Crippen LogP contribution in [-0.2, 0) is 11.2 Å². The van der Waals surface area contributed by atoms with Crippen LogP contribution >= 0.6 is 22.9 Å². The lowest BCUT2D eigenvalue weighted by atomic mass is 9.85. The number of hydrogen-bond acceptors (Lipinski definition) is 3. The van der Waals surface area contributed by atoms with Crippen molar-refractivity contribution in [1.82, 2.24) is 5.32 Å². The molecular formula is C13H21ClN2OS. The first kappa shape index (κ1) is 15.5. The van der Waals surface area contributed by atoms with Crippen LogP contribution in [0.4, 0.5) is 0 Å². The first-order chi connectivity index (χ1) is 8.29. The zero-order valence-corrected chi connectivity index (χ0v) is 12.7. The van der Waals surface area contributed by atoms with Gasteiger partial charge in [-0.1, -0.05) is 32.4 Å². The molecule has 0 aliphatic heterocycles. The minimum atomic E-state index is -0.117. The van der Waals surface area contributed by atoms with Crippen molar-refractivity contribution in [3.8, 4) is 0 Å². The van der Waals surface area contributed by atoms with Crippen molar-refractivity contribution in [2.45, 2.75) is 39.7 Å². The van der Waals surface area contributed by atoms with E-state index in [-0.39, 0.29) is 17.4 Å². The third kappa shape index (κ3) is 5.38. The van der Waals surface area contributed by atoms with Crippen LogP contribution in [0, 0.1) is 5.41 Å². The Morgan fingerprint density at radius 1 is 1.50 bits per heavy atom. The molecule has 1 aromatic heterocycles. The minimum Gasteiger partial charge on any atom is -0.356 e. The molecule has 0 saturated heterocycles. The summed E-state index contributed by atoms with van der Waals surface area (Å²) < 4.78 is 0.783. The van der Waals surface area contributed by atoms with Gasteiger partial charge in [-0.05, 0) is 24.0 Å². The average Bonchev–Trinajstić information content (AvgIpc) is 2.62. The van der Waals surface area contributed by atoms with Crippen molar-refractivity contribution in [2.75, 3.05) is 6.54 Å². The summed E-state index contributed by atoms with van der Waals surface area (Å²) in [6.07, 6.45) is 1.18. The molecule has 0 aliphatic carbocycles. The Labute approximate surface area is 118 Å². The van der Waals surface area contributed by atoms with Crippen LogP contribution in [0.25, 0.3) is 0 Å². The van der Waals surface area contributed by atoms with Crippen molar-refractivity contribution in [3.05, 3.63) is 21.3 Å². The molecule has 3 nitrogen and oxygen atoms in total. The topological polar surface area (TPSA) is 55.1 Å². The Kier molecular flexibility index (Phi) is 5.63. The molecule has 102 valence electrons. The Hall–Kier alpha value is -0.580. The van der Waals surface area contributed by atoms with Crippen molar-refractivity contribution in [3.63, 3.8) is 0 Å². The number of hydrogen-bond donors (Lipinski definition) is 2. The van der Waals surface area contributed by atoms with Gasteiger partial charge < -0.3 is 11.1 Å². The van der Waals surface area contributed by atoms with Gasteiger partial charge in [-0.25, -0.2) is 0 Å². The molecule has 0 aliphatic rings. The molecule has 0 fully saturated rings. The van der Waals surface area contributed by atoms with Crippen molar-refractivity contribution < 1.29 is 4.79 Å². The number of rotatable bonds is 5. The second-order valence-electron chi connectivity index (χ2n) is 5.48. The number of amides is 1. The second kappa shape index (κ2) is 6.55. The van der Waals surface area contributed by atoms with Crippen molar-refractivity contribution >= 4 is 28.8 Å². The Morgan fingerprint density at radius 3 is 2.67 bits per heavy atom. The normalized spacial score (nSPS) is 13.4. The number of thiophene rings is 1. The third-order valence-electron chi connectivity index (χ3n) is 2.84. The lowest BCUT2D eigenvalue weighted by molar-refractivity contribution is -0.121. The molecule has 1 aromatic rings.